The van der Waals surface area contributed by atoms with Crippen LogP contribution in [0.1, 0.15) is 18.5 Å². The monoisotopic (exact) mass is 445 g/mol. The van der Waals surface area contributed by atoms with E-state index in [1.165, 1.54) is 16.8 Å². The van der Waals surface area contributed by atoms with Gasteiger partial charge in [-0.05, 0) is 31.1 Å². The van der Waals surface area contributed by atoms with Crippen LogP contribution in [0.2, 0.25) is 10.0 Å². The number of fused-ring (bicyclic) bond motifs is 1. The van der Waals surface area contributed by atoms with Gasteiger partial charge in [0.05, 0.1) is 17.3 Å². The van der Waals surface area contributed by atoms with Crippen molar-refractivity contribution < 1.29 is 9.84 Å². The molecule has 1 aliphatic carbocycles. The number of benzene rings is 1. The lowest BCUT2D eigenvalue weighted by Crippen LogP contribution is -2.23. The standard InChI is InChI=1S/C18H13Cl2N7O3/c19-10-2-1-3-12(13(10)20)30-18-24-14-8(6-11-15(28)25-17(29)23-11)7-21-27(14)16(26-18)22-9-4-5-9/h1-3,6-7,9,28H,4-5H2,(H2,23,25,29)/b8-6+,22-16?. The molecule has 10 nitrogen and oxygen atoms in total. The average molecular weight is 446 g/mol. The summed E-state index contributed by atoms with van der Waals surface area (Å²) in [5.41, 5.74) is 0.351. The van der Waals surface area contributed by atoms with Gasteiger partial charge in [0, 0.05) is 5.22 Å². The van der Waals surface area contributed by atoms with E-state index in [1.54, 1.807) is 18.2 Å². The summed E-state index contributed by atoms with van der Waals surface area (Å²) in [4.78, 5) is 29.5. The fourth-order valence-corrected chi connectivity index (χ4v) is 3.10. The van der Waals surface area contributed by atoms with Gasteiger partial charge in [-0.25, -0.2) is 9.79 Å². The Hall–Kier alpha value is -3.37. The van der Waals surface area contributed by atoms with Crippen molar-refractivity contribution in [2.45, 2.75) is 18.9 Å². The first-order chi connectivity index (χ1) is 14.5. The van der Waals surface area contributed by atoms with E-state index in [1.807, 2.05) is 0 Å². The van der Waals surface area contributed by atoms with E-state index in [9.17, 15) is 9.90 Å². The predicted octanol–water partition coefficient (Wildman–Crippen LogP) is 1.56. The molecule has 5 rings (SSSR count). The molecule has 152 valence electrons. The first-order valence-electron chi connectivity index (χ1n) is 8.92. The smallest absolute Gasteiger partial charge is 0.327 e. The molecule has 3 N–H and O–H groups in total. The highest BCUT2D eigenvalue weighted by atomic mass is 35.5. The van der Waals surface area contributed by atoms with Gasteiger partial charge in [-0.15, -0.1) is 0 Å². The van der Waals surface area contributed by atoms with Crippen molar-refractivity contribution in [3.8, 4) is 17.6 Å². The molecule has 0 saturated heterocycles. The Morgan fingerprint density at radius 1 is 1.27 bits per heavy atom. The SMILES string of the molecule is O=c1[nH]c(O)c(/C=c2\cnn3c(=NC4CC4)nc(Oc4cccc(Cl)c4Cl)nc23)[nH]1. The second kappa shape index (κ2) is 7.15. The van der Waals surface area contributed by atoms with Gasteiger partial charge in [-0.2, -0.15) is 19.6 Å². The molecule has 3 aromatic heterocycles. The molecule has 30 heavy (non-hydrogen) atoms. The number of hydrogen-bond donors (Lipinski definition) is 3. The average Bonchev–Trinajstić information content (AvgIpc) is 3.34. The normalized spacial score (nSPS) is 15.3. The highest BCUT2D eigenvalue weighted by Crippen LogP contribution is 2.33. The highest BCUT2D eigenvalue weighted by Gasteiger charge is 2.21. The molecule has 0 unspecified atom stereocenters. The van der Waals surface area contributed by atoms with Crippen molar-refractivity contribution in [3.05, 3.63) is 61.5 Å². The van der Waals surface area contributed by atoms with Gasteiger partial charge in [-0.1, -0.05) is 29.3 Å². The molecule has 0 radical (unpaired) electrons. The second-order valence-electron chi connectivity index (χ2n) is 6.64. The Labute approximate surface area is 177 Å². The zero-order chi connectivity index (χ0) is 20.8. The van der Waals surface area contributed by atoms with Crippen LogP contribution in [0.15, 0.2) is 34.2 Å². The first-order valence-corrected chi connectivity index (χ1v) is 9.68. The molecule has 0 atom stereocenters. The molecule has 0 bridgehead atoms. The molecule has 3 heterocycles. The summed E-state index contributed by atoms with van der Waals surface area (Å²) in [7, 11) is 0. The van der Waals surface area contributed by atoms with E-state index in [2.05, 4.69) is 30.0 Å². The number of aromatic hydroxyl groups is 1. The molecule has 12 heteroatoms. The summed E-state index contributed by atoms with van der Waals surface area (Å²) >= 11 is 12.3. The van der Waals surface area contributed by atoms with Crippen LogP contribution in [0, 0.1) is 0 Å². The quantitative estimate of drug-likeness (QED) is 0.436. The van der Waals surface area contributed by atoms with E-state index >= 15 is 0 Å². The molecule has 4 aromatic rings. The van der Waals surface area contributed by atoms with Crippen LogP contribution in [0.5, 0.6) is 17.6 Å². The van der Waals surface area contributed by atoms with Crippen molar-refractivity contribution in [1.82, 2.24) is 29.5 Å². The fraction of sp³-hybridized carbons (Fsp3) is 0.167. The van der Waals surface area contributed by atoms with Gasteiger partial charge >= 0.3 is 11.7 Å². The van der Waals surface area contributed by atoms with Crippen molar-refractivity contribution in [3.63, 3.8) is 0 Å². The molecular weight excluding hydrogens is 433 g/mol. The van der Waals surface area contributed by atoms with Crippen molar-refractivity contribution in [2.24, 2.45) is 4.99 Å². The highest BCUT2D eigenvalue weighted by molar-refractivity contribution is 6.42. The Morgan fingerprint density at radius 3 is 2.83 bits per heavy atom. The minimum atomic E-state index is -0.533. The maximum absolute atomic E-state index is 11.4. The number of H-pyrrole nitrogens is 2. The van der Waals surface area contributed by atoms with Crippen LogP contribution in [0.3, 0.4) is 0 Å². The van der Waals surface area contributed by atoms with Gasteiger partial charge in [0.1, 0.15) is 10.7 Å². The van der Waals surface area contributed by atoms with Gasteiger partial charge < -0.3 is 14.8 Å². The molecule has 0 aliphatic heterocycles. The van der Waals surface area contributed by atoms with Gasteiger partial charge in [0.2, 0.25) is 5.88 Å². The number of nitrogens with zero attached hydrogens (tertiary/aromatic N) is 5. The third kappa shape index (κ3) is 3.51. The summed E-state index contributed by atoms with van der Waals surface area (Å²) in [6, 6.07) is 5.16. The molecule has 0 amide bonds. The Morgan fingerprint density at radius 2 is 2.10 bits per heavy atom. The maximum Gasteiger partial charge on any atom is 0.327 e. The van der Waals surface area contributed by atoms with Crippen LogP contribution in [0.25, 0.3) is 11.7 Å². The number of hydrogen-bond acceptors (Lipinski definition) is 7. The lowest BCUT2D eigenvalue weighted by Gasteiger charge is -2.07. The number of imidazole rings is 1. The summed E-state index contributed by atoms with van der Waals surface area (Å²) in [5, 5.41) is 15.2. The first kappa shape index (κ1) is 18.6. The minimum Gasteiger partial charge on any atom is -0.493 e. The second-order valence-corrected chi connectivity index (χ2v) is 7.43. The summed E-state index contributed by atoms with van der Waals surface area (Å²) < 4.78 is 7.25. The topological polar surface area (TPSA) is 134 Å². The van der Waals surface area contributed by atoms with Crippen molar-refractivity contribution in [2.75, 3.05) is 0 Å². The van der Waals surface area contributed by atoms with E-state index in [0.29, 0.717) is 27.3 Å². The number of nitrogens with one attached hydrogen (secondary N) is 2. The van der Waals surface area contributed by atoms with E-state index in [4.69, 9.17) is 27.9 Å². The third-order valence-electron chi connectivity index (χ3n) is 4.36. The van der Waals surface area contributed by atoms with Crippen molar-refractivity contribution in [1.29, 1.82) is 0 Å². The summed E-state index contributed by atoms with van der Waals surface area (Å²) in [6.07, 6.45) is 5.00. The fourth-order valence-electron chi connectivity index (χ4n) is 2.77. The van der Waals surface area contributed by atoms with E-state index in [0.717, 1.165) is 12.8 Å². The molecule has 1 aliphatic rings. The number of aromatic amines is 2. The third-order valence-corrected chi connectivity index (χ3v) is 5.16. The molecule has 1 fully saturated rings. The predicted molar refractivity (Wildman–Crippen MR) is 108 cm³/mol. The molecule has 0 spiro atoms. The largest absolute Gasteiger partial charge is 0.493 e. The number of aromatic nitrogens is 6. The molecule has 1 saturated carbocycles. The van der Waals surface area contributed by atoms with Crippen LogP contribution >= 0.6 is 23.2 Å². The zero-order valence-electron chi connectivity index (χ0n) is 15.1. The summed E-state index contributed by atoms with van der Waals surface area (Å²) in [5.74, 6) is 0.00187. The van der Waals surface area contributed by atoms with Gasteiger partial charge in [0.15, 0.2) is 11.4 Å². The van der Waals surface area contributed by atoms with E-state index in [-0.39, 0.29) is 28.6 Å². The Balaban J connectivity index is 1.69. The number of ether oxygens (including phenoxy) is 1. The Kier molecular flexibility index (Phi) is 4.44. The minimum absolute atomic E-state index is 0.00741. The van der Waals surface area contributed by atoms with Crippen LogP contribution in [-0.4, -0.2) is 40.7 Å². The van der Waals surface area contributed by atoms with Gasteiger partial charge in [0.25, 0.3) is 5.62 Å². The van der Waals surface area contributed by atoms with Crippen LogP contribution in [-0.2, 0) is 0 Å². The van der Waals surface area contributed by atoms with E-state index < -0.39 is 5.69 Å². The Bertz CT molecular complexity index is 1450. The number of rotatable bonds is 4. The van der Waals surface area contributed by atoms with Crippen LogP contribution in [0.4, 0.5) is 0 Å². The molecule has 1 aromatic carbocycles. The zero-order valence-corrected chi connectivity index (χ0v) is 16.6. The van der Waals surface area contributed by atoms with Crippen molar-refractivity contribution >= 4 is 34.9 Å². The summed E-state index contributed by atoms with van der Waals surface area (Å²) in [6.45, 7) is 0. The lowest BCUT2D eigenvalue weighted by atomic mass is 10.3. The van der Waals surface area contributed by atoms with Gasteiger partial charge in [-0.3, -0.25) is 4.98 Å². The lowest BCUT2D eigenvalue weighted by molar-refractivity contribution is 0.436. The number of halogens is 2. The van der Waals surface area contributed by atoms with Crippen LogP contribution < -0.4 is 21.3 Å². The maximum atomic E-state index is 11.4. The molecular formula is C18H13Cl2N7O3.